The highest BCUT2D eigenvalue weighted by Gasteiger charge is 2.25. The van der Waals surface area contributed by atoms with Gasteiger partial charge in [0.05, 0.1) is 31.7 Å². The van der Waals surface area contributed by atoms with E-state index in [9.17, 15) is 9.59 Å². The van der Waals surface area contributed by atoms with Gasteiger partial charge in [-0.25, -0.2) is 19.6 Å². The van der Waals surface area contributed by atoms with Crippen molar-refractivity contribution in [3.8, 4) is 55.2 Å². The number of alkyl carbamates (subject to hydrolysis) is 1. The monoisotopic (exact) mass is 981 g/mol. The Morgan fingerprint density at radius 2 is 1.05 bits per heavy atom. The van der Waals surface area contributed by atoms with Gasteiger partial charge in [0.15, 0.2) is 0 Å². The zero-order valence-corrected chi connectivity index (χ0v) is 41.9. The molecule has 2 heterocycles. The molecule has 4 aromatic carbocycles. The van der Waals surface area contributed by atoms with E-state index in [2.05, 4.69) is 64.7 Å². The second-order valence-electron chi connectivity index (χ2n) is 16.8. The van der Waals surface area contributed by atoms with Gasteiger partial charge in [-0.15, -0.1) is 22.7 Å². The Morgan fingerprint density at radius 3 is 1.48 bits per heavy atom. The zero-order chi connectivity index (χ0) is 46.4. The van der Waals surface area contributed by atoms with E-state index < -0.39 is 23.7 Å². The first-order valence-corrected chi connectivity index (χ1v) is 25.3. The van der Waals surface area contributed by atoms with Crippen LogP contribution in [0.3, 0.4) is 0 Å². The molecule has 0 unspecified atom stereocenters. The van der Waals surface area contributed by atoms with Crippen LogP contribution in [0.4, 0.5) is 4.79 Å². The van der Waals surface area contributed by atoms with Gasteiger partial charge in [0.2, 0.25) is 0 Å². The van der Waals surface area contributed by atoms with Crippen LogP contribution in [0.25, 0.3) is 43.7 Å². The minimum Gasteiger partial charge on any atom is -0.494 e. The van der Waals surface area contributed by atoms with E-state index in [1.165, 1.54) is 58.5 Å². The minimum absolute atomic E-state index is 0.279. The summed E-state index contributed by atoms with van der Waals surface area (Å²) in [5.74, 6) is 1.29. The molecule has 2 aromatic heterocycles. The molecular weight excluding hydrogens is 919 g/mol. The molecule has 9 nitrogen and oxygen atoms in total. The van der Waals surface area contributed by atoms with E-state index in [0.717, 1.165) is 91.2 Å². The molecule has 1 atom stereocenters. The fourth-order valence-electron chi connectivity index (χ4n) is 6.71. The number of methoxy groups -OCH3 is 1. The van der Waals surface area contributed by atoms with Gasteiger partial charge in [-0.05, 0) is 99.8 Å². The van der Waals surface area contributed by atoms with Gasteiger partial charge in [0.25, 0.3) is 0 Å². The molecule has 65 heavy (non-hydrogen) atoms. The third kappa shape index (κ3) is 17.7. The Bertz CT molecular complexity index is 2300. The molecule has 1 N–H and O–H groups in total. The van der Waals surface area contributed by atoms with Gasteiger partial charge < -0.3 is 24.3 Å². The topological polar surface area (TPSA) is 109 Å². The van der Waals surface area contributed by atoms with Crippen molar-refractivity contribution in [3.05, 3.63) is 118 Å². The SMILES string of the molecule is CCCCCCCOc1ccc(-c2nc(-c3ccc(Br)cc3)cs2)cc1.CCCCCCCOc1ccc(-c2nc(-c3ccc(C[C@H](NC(=O)OC(C)(C)C)C(=O)OC)cc3)cs2)cc1. The lowest BCUT2D eigenvalue weighted by Gasteiger charge is -2.22. The fourth-order valence-corrected chi connectivity index (χ4v) is 8.64. The molecule has 0 saturated heterocycles. The number of nitrogens with zero attached hydrogens (tertiary/aromatic N) is 2. The third-order valence-corrected chi connectivity index (χ3v) is 12.6. The van der Waals surface area contributed by atoms with E-state index >= 15 is 0 Å². The van der Waals surface area contributed by atoms with E-state index in [1.54, 1.807) is 43.4 Å². The third-order valence-electron chi connectivity index (χ3n) is 10.3. The first-order chi connectivity index (χ1) is 31.4. The number of unbranched alkanes of at least 4 members (excludes halogenated alkanes) is 8. The maximum Gasteiger partial charge on any atom is 0.408 e. The molecule has 0 aliphatic heterocycles. The number of thiazole rings is 2. The predicted octanol–water partition coefficient (Wildman–Crippen LogP) is 15.0. The number of amides is 1. The lowest BCUT2D eigenvalue weighted by atomic mass is 10.0. The smallest absolute Gasteiger partial charge is 0.408 e. The number of aromatic nitrogens is 2. The summed E-state index contributed by atoms with van der Waals surface area (Å²) >= 11 is 6.73. The number of hydrogen-bond acceptors (Lipinski definition) is 10. The van der Waals surface area contributed by atoms with Crippen molar-refractivity contribution in [1.82, 2.24) is 15.3 Å². The average molecular weight is 983 g/mol. The van der Waals surface area contributed by atoms with Gasteiger partial charge in [-0.1, -0.05) is 118 Å². The lowest BCUT2D eigenvalue weighted by Crippen LogP contribution is -2.45. The molecule has 0 aliphatic carbocycles. The van der Waals surface area contributed by atoms with Crippen LogP contribution in [0.15, 0.2) is 112 Å². The second kappa shape index (κ2) is 26.8. The summed E-state index contributed by atoms with van der Waals surface area (Å²) in [6, 6.07) is 31.6. The first-order valence-electron chi connectivity index (χ1n) is 22.7. The van der Waals surface area contributed by atoms with Crippen LogP contribution < -0.4 is 14.8 Å². The maximum atomic E-state index is 12.3. The van der Waals surface area contributed by atoms with Crippen molar-refractivity contribution in [3.63, 3.8) is 0 Å². The van der Waals surface area contributed by atoms with Crippen molar-refractivity contribution in [2.75, 3.05) is 20.3 Å². The van der Waals surface area contributed by atoms with Crippen LogP contribution in [0.1, 0.15) is 104 Å². The molecule has 0 aliphatic rings. The normalized spacial score (nSPS) is 11.6. The van der Waals surface area contributed by atoms with Gasteiger partial charge in [-0.2, -0.15) is 0 Å². The van der Waals surface area contributed by atoms with Crippen molar-refractivity contribution in [2.24, 2.45) is 0 Å². The number of benzene rings is 4. The fraction of sp³-hybridized carbons (Fsp3) is 0.396. The summed E-state index contributed by atoms with van der Waals surface area (Å²) in [6.45, 7) is 11.3. The molecule has 346 valence electrons. The number of halogens is 1. The summed E-state index contributed by atoms with van der Waals surface area (Å²) < 4.78 is 23.0. The van der Waals surface area contributed by atoms with E-state index in [-0.39, 0.29) is 6.42 Å². The quantitative estimate of drug-likeness (QED) is 0.0529. The zero-order valence-electron chi connectivity index (χ0n) is 38.7. The highest BCUT2D eigenvalue weighted by atomic mass is 79.9. The molecule has 6 aromatic rings. The highest BCUT2D eigenvalue weighted by molar-refractivity contribution is 9.10. The standard InChI is InChI=1S/C31H40N2O5S.C22H24BrNOS/c1-6-7-8-9-10-19-37-25-17-15-24(16-18-25)28-32-27(21-39-28)23-13-11-22(12-14-23)20-26(29(34)36-5)33-30(35)38-31(2,3)4;1-2-3-4-5-6-15-25-20-13-9-18(10-14-20)22-24-21(16-26-22)17-7-11-19(23)12-8-17/h11-18,21,26H,6-10,19-20H2,1-5H3,(H,33,35);7-14,16H,2-6,15H2,1H3/t26-;/m0./s1. The summed E-state index contributed by atoms with van der Waals surface area (Å²) in [5, 5.41) is 8.73. The molecule has 0 fully saturated rings. The Morgan fingerprint density at radius 1 is 0.615 bits per heavy atom. The number of nitrogens with one attached hydrogen (secondary N) is 1. The average Bonchev–Trinajstić information content (AvgIpc) is 4.01. The van der Waals surface area contributed by atoms with Crippen LogP contribution in [0, 0.1) is 0 Å². The number of carbonyl (C=O) groups is 2. The second-order valence-corrected chi connectivity index (χ2v) is 19.4. The summed E-state index contributed by atoms with van der Waals surface area (Å²) in [6.07, 6.45) is 12.0. The molecule has 1 amide bonds. The number of hydrogen-bond donors (Lipinski definition) is 1. The highest BCUT2D eigenvalue weighted by Crippen LogP contribution is 2.32. The largest absolute Gasteiger partial charge is 0.494 e. The van der Waals surface area contributed by atoms with E-state index in [4.69, 9.17) is 28.9 Å². The van der Waals surface area contributed by atoms with Crippen molar-refractivity contribution in [1.29, 1.82) is 0 Å². The number of rotatable bonds is 22. The van der Waals surface area contributed by atoms with Crippen LogP contribution >= 0.6 is 38.6 Å². The summed E-state index contributed by atoms with van der Waals surface area (Å²) in [4.78, 5) is 34.0. The molecule has 12 heteroatoms. The van der Waals surface area contributed by atoms with Gasteiger partial charge in [0.1, 0.15) is 33.2 Å². The summed E-state index contributed by atoms with van der Waals surface area (Å²) in [5.41, 5.74) is 6.40. The van der Waals surface area contributed by atoms with Crippen LogP contribution in [0.5, 0.6) is 11.5 Å². The molecular formula is C53H64BrN3O6S2. The number of ether oxygens (including phenoxy) is 4. The summed E-state index contributed by atoms with van der Waals surface area (Å²) in [7, 11) is 1.30. The molecule has 6 rings (SSSR count). The maximum absolute atomic E-state index is 12.3. The Hall–Kier alpha value is -5.04. The number of esters is 1. The molecule has 0 bridgehead atoms. The van der Waals surface area contributed by atoms with E-state index in [1.807, 2.05) is 78.2 Å². The van der Waals surface area contributed by atoms with Crippen LogP contribution in [-0.2, 0) is 20.7 Å². The van der Waals surface area contributed by atoms with Crippen molar-refractivity contribution >= 4 is 50.7 Å². The molecule has 0 saturated carbocycles. The van der Waals surface area contributed by atoms with Gasteiger partial charge >= 0.3 is 12.1 Å². The Kier molecular flexibility index (Phi) is 21.0. The first kappa shape index (κ1) is 51.0. The molecule has 0 radical (unpaired) electrons. The van der Waals surface area contributed by atoms with Crippen LogP contribution in [0.2, 0.25) is 0 Å². The van der Waals surface area contributed by atoms with E-state index in [0.29, 0.717) is 0 Å². The van der Waals surface area contributed by atoms with Crippen molar-refractivity contribution in [2.45, 2.75) is 117 Å². The molecule has 0 spiro atoms. The van der Waals surface area contributed by atoms with Crippen LogP contribution in [-0.4, -0.2) is 54.0 Å². The number of carbonyl (C=O) groups excluding carboxylic acids is 2. The Labute approximate surface area is 402 Å². The van der Waals surface area contributed by atoms with Gasteiger partial charge in [-0.3, -0.25) is 0 Å². The Balaban J connectivity index is 0.000000264. The van der Waals surface area contributed by atoms with Crippen molar-refractivity contribution < 1.29 is 28.5 Å². The predicted molar refractivity (Wildman–Crippen MR) is 271 cm³/mol. The lowest BCUT2D eigenvalue weighted by molar-refractivity contribution is -0.143. The van der Waals surface area contributed by atoms with Gasteiger partial charge in [0, 0.05) is 43.9 Å². The minimum atomic E-state index is -0.852.